The van der Waals surface area contributed by atoms with Gasteiger partial charge in [-0.1, -0.05) is 37.0 Å². The number of nitrogens with zero attached hydrogens (tertiary/aromatic N) is 1. The molecule has 21 heavy (non-hydrogen) atoms. The molecule has 6 heteroatoms. The predicted octanol–water partition coefficient (Wildman–Crippen LogP) is 4.03. The molecule has 0 aromatic heterocycles. The molecule has 1 amide bonds. The van der Waals surface area contributed by atoms with Crippen LogP contribution >= 0.6 is 23.2 Å². The van der Waals surface area contributed by atoms with Crippen molar-refractivity contribution in [3.63, 3.8) is 0 Å². The predicted molar refractivity (Wildman–Crippen MR) is 91.1 cm³/mol. The fourth-order valence-electron chi connectivity index (χ4n) is 2.13. The summed E-state index contributed by atoms with van der Waals surface area (Å²) >= 11 is 11.9. The molecule has 0 saturated carbocycles. The second-order valence-corrected chi connectivity index (χ2v) is 5.78. The Labute approximate surface area is 136 Å². The Kier molecular flexibility index (Phi) is 7.86. The van der Waals surface area contributed by atoms with Crippen molar-refractivity contribution in [3.05, 3.63) is 22.2 Å². The summed E-state index contributed by atoms with van der Waals surface area (Å²) in [6.45, 7) is 7.27. The highest BCUT2D eigenvalue weighted by atomic mass is 35.5. The molecule has 0 spiro atoms. The number of nitrogens with one attached hydrogen (secondary N) is 1. The number of nitrogens with two attached hydrogens (primary N) is 1. The number of anilines is 2. The Bertz CT molecular complexity index is 457. The van der Waals surface area contributed by atoms with E-state index in [2.05, 4.69) is 24.1 Å². The maximum atomic E-state index is 12.0. The lowest BCUT2D eigenvalue weighted by atomic mass is 10.2. The maximum absolute atomic E-state index is 12.0. The number of carbonyl (C=O) groups excluding carboxylic acids is 1. The van der Waals surface area contributed by atoms with Gasteiger partial charge in [0.15, 0.2) is 0 Å². The second kappa shape index (κ2) is 9.13. The molecule has 0 aliphatic rings. The van der Waals surface area contributed by atoms with Gasteiger partial charge in [0.25, 0.3) is 0 Å². The van der Waals surface area contributed by atoms with Gasteiger partial charge in [-0.3, -0.25) is 4.79 Å². The first-order valence-corrected chi connectivity index (χ1v) is 8.00. The molecule has 1 aromatic rings. The van der Waals surface area contributed by atoms with Crippen LogP contribution < -0.4 is 11.1 Å². The van der Waals surface area contributed by atoms with Gasteiger partial charge in [0.1, 0.15) is 0 Å². The number of amides is 1. The first-order chi connectivity index (χ1) is 9.97. The van der Waals surface area contributed by atoms with Crippen LogP contribution in [0.2, 0.25) is 10.0 Å². The van der Waals surface area contributed by atoms with Crippen molar-refractivity contribution < 1.29 is 4.79 Å². The summed E-state index contributed by atoms with van der Waals surface area (Å²) in [5, 5.41) is 3.56. The first kappa shape index (κ1) is 18.1. The molecule has 0 fully saturated rings. The molecule has 0 saturated heterocycles. The molecule has 118 valence electrons. The largest absolute Gasteiger partial charge is 0.397 e. The number of nitrogen functional groups attached to an aromatic ring is 1. The zero-order valence-electron chi connectivity index (χ0n) is 12.6. The fourth-order valence-corrected chi connectivity index (χ4v) is 2.69. The van der Waals surface area contributed by atoms with Crippen LogP contribution in [0.4, 0.5) is 11.4 Å². The summed E-state index contributed by atoms with van der Waals surface area (Å²) in [5.74, 6) is -0.0847. The standard InChI is InChI=1S/C15H23Cl2N3O/c1-3-7-20(4-2)8-5-6-14(21)19-15-12(17)9-11(16)10-13(15)18/h9-10H,3-8,18H2,1-2H3,(H,19,21). The van der Waals surface area contributed by atoms with E-state index >= 15 is 0 Å². The van der Waals surface area contributed by atoms with E-state index in [0.29, 0.717) is 27.8 Å². The zero-order chi connectivity index (χ0) is 15.8. The van der Waals surface area contributed by atoms with Gasteiger partial charge >= 0.3 is 0 Å². The van der Waals surface area contributed by atoms with Crippen LogP contribution in [0.5, 0.6) is 0 Å². The van der Waals surface area contributed by atoms with Crippen LogP contribution in [-0.4, -0.2) is 30.4 Å². The summed E-state index contributed by atoms with van der Waals surface area (Å²) < 4.78 is 0. The molecular weight excluding hydrogens is 309 g/mol. The van der Waals surface area contributed by atoms with Crippen molar-refractivity contribution >= 4 is 40.5 Å². The summed E-state index contributed by atoms with van der Waals surface area (Å²) in [4.78, 5) is 14.3. The van der Waals surface area contributed by atoms with Gasteiger partial charge < -0.3 is 16.0 Å². The molecule has 4 nitrogen and oxygen atoms in total. The molecule has 1 aromatic carbocycles. The average Bonchev–Trinajstić information content (AvgIpc) is 2.41. The minimum atomic E-state index is -0.0847. The molecule has 0 aliphatic carbocycles. The van der Waals surface area contributed by atoms with Crippen molar-refractivity contribution in [2.75, 3.05) is 30.7 Å². The van der Waals surface area contributed by atoms with Crippen molar-refractivity contribution in [1.29, 1.82) is 0 Å². The van der Waals surface area contributed by atoms with Gasteiger partial charge in [-0.05, 0) is 44.6 Å². The fraction of sp³-hybridized carbons (Fsp3) is 0.533. The zero-order valence-corrected chi connectivity index (χ0v) is 14.1. The lowest BCUT2D eigenvalue weighted by Gasteiger charge is -2.19. The van der Waals surface area contributed by atoms with Crippen LogP contribution in [-0.2, 0) is 4.79 Å². The number of hydrogen-bond acceptors (Lipinski definition) is 3. The normalized spacial score (nSPS) is 10.9. The Balaban J connectivity index is 2.48. The van der Waals surface area contributed by atoms with Crippen molar-refractivity contribution in [1.82, 2.24) is 4.90 Å². The molecule has 0 aliphatic heterocycles. The molecule has 0 atom stereocenters. The first-order valence-electron chi connectivity index (χ1n) is 7.24. The van der Waals surface area contributed by atoms with Crippen LogP contribution in [0.25, 0.3) is 0 Å². The summed E-state index contributed by atoms with van der Waals surface area (Å²) in [6.07, 6.45) is 2.38. The molecule has 0 radical (unpaired) electrons. The van der Waals surface area contributed by atoms with E-state index in [4.69, 9.17) is 28.9 Å². The summed E-state index contributed by atoms with van der Waals surface area (Å²) in [7, 11) is 0. The Morgan fingerprint density at radius 2 is 2.00 bits per heavy atom. The lowest BCUT2D eigenvalue weighted by molar-refractivity contribution is -0.116. The maximum Gasteiger partial charge on any atom is 0.224 e. The van der Waals surface area contributed by atoms with Crippen molar-refractivity contribution in [2.45, 2.75) is 33.1 Å². The third kappa shape index (κ3) is 6.12. The second-order valence-electron chi connectivity index (χ2n) is 4.94. The topological polar surface area (TPSA) is 58.4 Å². The van der Waals surface area contributed by atoms with Gasteiger partial charge in [-0.25, -0.2) is 0 Å². The molecule has 3 N–H and O–H groups in total. The minimum Gasteiger partial charge on any atom is -0.397 e. The highest BCUT2D eigenvalue weighted by molar-refractivity contribution is 6.37. The van der Waals surface area contributed by atoms with Crippen LogP contribution in [0.1, 0.15) is 33.1 Å². The van der Waals surface area contributed by atoms with E-state index in [1.807, 2.05) is 0 Å². The van der Waals surface area contributed by atoms with Gasteiger partial charge in [0.05, 0.1) is 16.4 Å². The number of halogens is 2. The van der Waals surface area contributed by atoms with E-state index in [-0.39, 0.29) is 5.91 Å². The van der Waals surface area contributed by atoms with Crippen molar-refractivity contribution in [2.24, 2.45) is 0 Å². The van der Waals surface area contributed by atoms with Crippen LogP contribution in [0.15, 0.2) is 12.1 Å². The highest BCUT2D eigenvalue weighted by Crippen LogP contribution is 2.32. The average molecular weight is 332 g/mol. The Morgan fingerprint density at radius 3 is 2.57 bits per heavy atom. The highest BCUT2D eigenvalue weighted by Gasteiger charge is 2.11. The van der Waals surface area contributed by atoms with Crippen LogP contribution in [0, 0.1) is 0 Å². The summed E-state index contributed by atoms with van der Waals surface area (Å²) in [6, 6.07) is 3.14. The van der Waals surface area contributed by atoms with Gasteiger partial charge in [0.2, 0.25) is 5.91 Å². The number of hydrogen-bond donors (Lipinski definition) is 2. The van der Waals surface area contributed by atoms with E-state index < -0.39 is 0 Å². The Morgan fingerprint density at radius 1 is 1.29 bits per heavy atom. The summed E-state index contributed by atoms with van der Waals surface area (Å²) in [5.41, 5.74) is 6.63. The monoisotopic (exact) mass is 331 g/mol. The van der Waals surface area contributed by atoms with E-state index in [1.165, 1.54) is 0 Å². The third-order valence-electron chi connectivity index (χ3n) is 3.22. The van der Waals surface area contributed by atoms with E-state index in [1.54, 1.807) is 12.1 Å². The third-order valence-corrected chi connectivity index (χ3v) is 3.73. The molecule has 0 heterocycles. The lowest BCUT2D eigenvalue weighted by Crippen LogP contribution is -2.26. The molecule has 1 rings (SSSR count). The number of carbonyl (C=O) groups is 1. The van der Waals surface area contributed by atoms with Crippen molar-refractivity contribution in [3.8, 4) is 0 Å². The van der Waals surface area contributed by atoms with Crippen LogP contribution in [0.3, 0.4) is 0 Å². The smallest absolute Gasteiger partial charge is 0.224 e. The molecule has 0 bridgehead atoms. The van der Waals surface area contributed by atoms with Gasteiger partial charge in [0, 0.05) is 11.4 Å². The van der Waals surface area contributed by atoms with Gasteiger partial charge in [-0.15, -0.1) is 0 Å². The SMILES string of the molecule is CCCN(CC)CCCC(=O)Nc1c(N)cc(Cl)cc1Cl. The van der Waals surface area contributed by atoms with E-state index in [9.17, 15) is 4.79 Å². The minimum absolute atomic E-state index is 0.0847. The number of benzene rings is 1. The molecular formula is C15H23Cl2N3O. The van der Waals surface area contributed by atoms with E-state index in [0.717, 1.165) is 32.5 Å². The number of rotatable bonds is 8. The Hall–Kier alpha value is -0.970. The quantitative estimate of drug-likeness (QED) is 0.707. The van der Waals surface area contributed by atoms with Gasteiger partial charge in [-0.2, -0.15) is 0 Å². The molecule has 0 unspecified atom stereocenters.